The van der Waals surface area contributed by atoms with Crippen LogP contribution in [0.15, 0.2) is 59.8 Å². The van der Waals surface area contributed by atoms with Crippen LogP contribution in [0.5, 0.6) is 0 Å². The van der Waals surface area contributed by atoms with Gasteiger partial charge in [0.25, 0.3) is 10.0 Å². The Hall–Kier alpha value is -2.67. The van der Waals surface area contributed by atoms with Crippen LogP contribution in [0, 0.1) is 0 Å². The second-order valence-electron chi connectivity index (χ2n) is 7.32. The number of nitrogens with one attached hydrogen (secondary N) is 1. The third kappa shape index (κ3) is 3.80. The van der Waals surface area contributed by atoms with Gasteiger partial charge in [-0.2, -0.15) is 0 Å². The molecule has 0 radical (unpaired) electrons. The zero-order valence-corrected chi connectivity index (χ0v) is 16.7. The van der Waals surface area contributed by atoms with Crippen LogP contribution in [0.2, 0.25) is 0 Å². The van der Waals surface area contributed by atoms with E-state index in [1.165, 1.54) is 37.7 Å². The molecule has 0 atom stereocenters. The molecule has 0 bridgehead atoms. The number of hydrogen-bond donors (Lipinski definition) is 1. The highest BCUT2D eigenvalue weighted by Crippen LogP contribution is 2.33. The molecule has 28 heavy (non-hydrogen) atoms. The highest BCUT2D eigenvalue weighted by Gasteiger charge is 2.20. The Labute approximate surface area is 165 Å². The lowest BCUT2D eigenvalue weighted by Crippen LogP contribution is -2.14. The molecule has 0 aliphatic heterocycles. The van der Waals surface area contributed by atoms with E-state index in [0.29, 0.717) is 23.0 Å². The van der Waals surface area contributed by atoms with E-state index in [0.717, 1.165) is 0 Å². The zero-order valence-electron chi connectivity index (χ0n) is 15.9. The van der Waals surface area contributed by atoms with Crippen molar-refractivity contribution in [3.63, 3.8) is 0 Å². The molecule has 146 valence electrons. The van der Waals surface area contributed by atoms with Gasteiger partial charge >= 0.3 is 0 Å². The van der Waals surface area contributed by atoms with Crippen LogP contribution in [-0.2, 0) is 17.1 Å². The first-order valence-corrected chi connectivity index (χ1v) is 11.1. The molecule has 1 heterocycles. The zero-order chi connectivity index (χ0) is 19.6. The maximum atomic E-state index is 12.9. The van der Waals surface area contributed by atoms with E-state index >= 15 is 0 Å². The summed E-state index contributed by atoms with van der Waals surface area (Å²) in [5, 5.41) is 7.97. The quantitative estimate of drug-likeness (QED) is 0.696. The molecule has 6 nitrogen and oxygen atoms in total. The molecule has 0 unspecified atom stereocenters. The number of hydrogen-bond acceptors (Lipinski definition) is 4. The fourth-order valence-electron chi connectivity index (χ4n) is 3.85. The third-order valence-electron chi connectivity index (χ3n) is 5.39. The van der Waals surface area contributed by atoms with Gasteiger partial charge in [0.2, 0.25) is 0 Å². The molecule has 2 aromatic carbocycles. The van der Waals surface area contributed by atoms with Crippen molar-refractivity contribution < 1.29 is 8.42 Å². The van der Waals surface area contributed by atoms with Crippen molar-refractivity contribution in [1.29, 1.82) is 0 Å². The van der Waals surface area contributed by atoms with Crippen LogP contribution < -0.4 is 4.72 Å². The van der Waals surface area contributed by atoms with Gasteiger partial charge in [-0.3, -0.25) is 4.72 Å². The summed E-state index contributed by atoms with van der Waals surface area (Å²) in [5.74, 6) is 1.15. The predicted octanol–water partition coefficient (Wildman–Crippen LogP) is 4.33. The van der Waals surface area contributed by atoms with Gasteiger partial charge in [-0.05, 0) is 48.6 Å². The van der Waals surface area contributed by atoms with E-state index in [-0.39, 0.29) is 4.90 Å². The van der Waals surface area contributed by atoms with Gasteiger partial charge in [-0.1, -0.05) is 43.5 Å². The highest BCUT2D eigenvalue weighted by molar-refractivity contribution is 7.92. The van der Waals surface area contributed by atoms with Crippen molar-refractivity contribution in [2.75, 3.05) is 4.72 Å². The lowest BCUT2D eigenvalue weighted by molar-refractivity contribution is 0.443. The van der Waals surface area contributed by atoms with E-state index in [2.05, 4.69) is 14.9 Å². The van der Waals surface area contributed by atoms with Crippen LogP contribution in [0.4, 0.5) is 5.69 Å². The number of aryl methyl sites for hydroxylation is 1. The van der Waals surface area contributed by atoms with Crippen molar-refractivity contribution in [2.45, 2.75) is 42.9 Å². The van der Waals surface area contributed by atoms with E-state index < -0.39 is 10.0 Å². The molecule has 4 rings (SSSR count). The van der Waals surface area contributed by atoms with E-state index in [9.17, 15) is 8.42 Å². The van der Waals surface area contributed by atoms with Gasteiger partial charge < -0.3 is 4.57 Å². The van der Waals surface area contributed by atoms with Crippen molar-refractivity contribution in [3.8, 4) is 11.4 Å². The van der Waals surface area contributed by atoms with Crippen molar-refractivity contribution >= 4 is 15.7 Å². The third-order valence-corrected chi connectivity index (χ3v) is 6.77. The smallest absolute Gasteiger partial charge is 0.261 e. The van der Waals surface area contributed by atoms with Gasteiger partial charge in [-0.15, -0.1) is 10.2 Å². The van der Waals surface area contributed by atoms with Gasteiger partial charge in [0, 0.05) is 12.6 Å². The molecule has 1 aliphatic carbocycles. The first-order valence-electron chi connectivity index (χ1n) is 9.61. The number of sulfonamides is 1. The van der Waals surface area contributed by atoms with Crippen molar-refractivity contribution in [2.24, 2.45) is 7.05 Å². The number of benzene rings is 2. The van der Waals surface area contributed by atoms with Crippen LogP contribution in [0.1, 0.15) is 43.6 Å². The summed E-state index contributed by atoms with van der Waals surface area (Å²) in [6.07, 6.45) is 7.78. The molecule has 0 spiro atoms. The second kappa shape index (κ2) is 7.75. The molecule has 3 aromatic rings. The Morgan fingerprint density at radius 2 is 1.71 bits per heavy atom. The Bertz CT molecular complexity index is 1050. The summed E-state index contributed by atoms with van der Waals surface area (Å²) in [7, 11) is -1.87. The molecular weight excluding hydrogens is 372 g/mol. The summed E-state index contributed by atoms with van der Waals surface area (Å²) in [6, 6.07) is 14.5. The molecular formula is C21H24N4O2S. The Balaban J connectivity index is 1.59. The molecule has 1 N–H and O–H groups in total. The standard InChI is InChI=1S/C21H24N4O2S/c1-25-15-22-23-21(25)19-9-5-6-10-20(19)24-28(26,27)18-13-11-17(12-14-18)16-7-3-2-4-8-16/h5-6,9-16,24H,2-4,7-8H2,1H3. The highest BCUT2D eigenvalue weighted by atomic mass is 32.2. The number of aromatic nitrogens is 3. The van der Waals surface area contributed by atoms with Gasteiger partial charge in [0.05, 0.1) is 10.6 Å². The fourth-order valence-corrected chi connectivity index (χ4v) is 4.93. The van der Waals surface area contributed by atoms with Crippen molar-refractivity contribution in [1.82, 2.24) is 14.8 Å². The minimum absolute atomic E-state index is 0.264. The Morgan fingerprint density at radius 3 is 2.39 bits per heavy atom. The van der Waals surface area contributed by atoms with Gasteiger partial charge in [0.15, 0.2) is 5.82 Å². The van der Waals surface area contributed by atoms with Crippen LogP contribution in [0.3, 0.4) is 0 Å². The fraction of sp³-hybridized carbons (Fsp3) is 0.333. The molecule has 0 saturated heterocycles. The van der Waals surface area contributed by atoms with Crippen LogP contribution in [0.25, 0.3) is 11.4 Å². The van der Waals surface area contributed by atoms with E-state index in [1.54, 1.807) is 35.2 Å². The van der Waals surface area contributed by atoms with Crippen LogP contribution in [-0.4, -0.2) is 23.2 Å². The lowest BCUT2D eigenvalue weighted by atomic mass is 9.84. The number of rotatable bonds is 5. The summed E-state index contributed by atoms with van der Waals surface area (Å²) in [4.78, 5) is 0.264. The first-order chi connectivity index (χ1) is 13.5. The number of anilines is 1. The topological polar surface area (TPSA) is 76.9 Å². The lowest BCUT2D eigenvalue weighted by Gasteiger charge is -2.22. The summed E-state index contributed by atoms with van der Waals surface area (Å²) in [5.41, 5.74) is 2.40. The molecule has 7 heteroatoms. The molecule has 1 aromatic heterocycles. The number of nitrogens with zero attached hydrogens (tertiary/aromatic N) is 3. The molecule has 1 fully saturated rings. The Kier molecular flexibility index (Phi) is 5.17. The number of para-hydroxylation sites is 1. The monoisotopic (exact) mass is 396 g/mol. The minimum atomic E-state index is -3.69. The Morgan fingerprint density at radius 1 is 1.00 bits per heavy atom. The van der Waals surface area contributed by atoms with Gasteiger partial charge in [-0.25, -0.2) is 8.42 Å². The maximum absolute atomic E-state index is 12.9. The summed E-state index contributed by atoms with van der Waals surface area (Å²) < 4.78 is 30.3. The maximum Gasteiger partial charge on any atom is 0.261 e. The van der Waals surface area contributed by atoms with Crippen LogP contribution >= 0.6 is 0 Å². The molecule has 0 amide bonds. The van der Waals surface area contributed by atoms with Crippen molar-refractivity contribution in [3.05, 3.63) is 60.4 Å². The van der Waals surface area contributed by atoms with E-state index in [4.69, 9.17) is 0 Å². The summed E-state index contributed by atoms with van der Waals surface area (Å²) >= 11 is 0. The minimum Gasteiger partial charge on any atom is -0.317 e. The largest absolute Gasteiger partial charge is 0.317 e. The second-order valence-corrected chi connectivity index (χ2v) is 9.00. The average molecular weight is 397 g/mol. The molecule has 1 saturated carbocycles. The predicted molar refractivity (Wildman–Crippen MR) is 110 cm³/mol. The average Bonchev–Trinajstić information content (AvgIpc) is 3.15. The molecule has 1 aliphatic rings. The first kappa shape index (κ1) is 18.7. The normalized spacial score (nSPS) is 15.5. The summed E-state index contributed by atoms with van der Waals surface area (Å²) in [6.45, 7) is 0. The SMILES string of the molecule is Cn1cnnc1-c1ccccc1NS(=O)(=O)c1ccc(C2CCCCC2)cc1. The van der Waals surface area contributed by atoms with Gasteiger partial charge in [0.1, 0.15) is 6.33 Å². The van der Waals surface area contributed by atoms with E-state index in [1.807, 2.05) is 31.3 Å².